The molecule has 2 rings (SSSR count). The number of carbonyl (C=O) groups is 1. The first-order valence-corrected chi connectivity index (χ1v) is 4.56. The molecule has 0 saturated heterocycles. The highest BCUT2D eigenvalue weighted by atomic mass is 16.2. The predicted molar refractivity (Wildman–Crippen MR) is 49.7 cm³/mol. The average molecular weight is 195 g/mol. The van der Waals surface area contributed by atoms with Crippen LogP contribution in [-0.2, 0) is 13.1 Å². The van der Waals surface area contributed by atoms with Crippen LogP contribution in [0.4, 0.5) is 0 Å². The summed E-state index contributed by atoms with van der Waals surface area (Å²) in [7, 11) is 3.62. The maximum absolute atomic E-state index is 11.6. The van der Waals surface area contributed by atoms with Crippen LogP contribution in [0.2, 0.25) is 0 Å². The maximum atomic E-state index is 11.6. The van der Waals surface area contributed by atoms with Crippen LogP contribution < -0.4 is 5.32 Å². The van der Waals surface area contributed by atoms with E-state index >= 15 is 0 Å². The summed E-state index contributed by atoms with van der Waals surface area (Å²) in [5, 5.41) is 10.9. The van der Waals surface area contributed by atoms with Gasteiger partial charge in [-0.15, -0.1) is 10.2 Å². The van der Waals surface area contributed by atoms with Crippen molar-refractivity contribution in [2.75, 3.05) is 20.6 Å². The quantitative estimate of drug-likeness (QED) is 0.663. The zero-order valence-corrected chi connectivity index (χ0v) is 8.32. The molecule has 1 aliphatic heterocycles. The lowest BCUT2D eigenvalue weighted by atomic mass is 10.3. The third-order valence-electron chi connectivity index (χ3n) is 2.36. The maximum Gasteiger partial charge on any atom is 0.291 e. The van der Waals surface area contributed by atoms with Crippen LogP contribution in [0.1, 0.15) is 16.4 Å². The molecule has 2 heterocycles. The van der Waals surface area contributed by atoms with E-state index in [2.05, 4.69) is 15.5 Å². The highest BCUT2D eigenvalue weighted by Crippen LogP contribution is 2.10. The van der Waals surface area contributed by atoms with E-state index < -0.39 is 0 Å². The van der Waals surface area contributed by atoms with Gasteiger partial charge in [0.2, 0.25) is 5.82 Å². The fourth-order valence-corrected chi connectivity index (χ4v) is 1.54. The summed E-state index contributed by atoms with van der Waals surface area (Å²) in [5.41, 5.74) is 0. The number of nitrogens with one attached hydrogen (secondary N) is 1. The molecule has 0 fully saturated rings. The Morgan fingerprint density at radius 2 is 2.21 bits per heavy atom. The molecule has 6 nitrogen and oxygen atoms in total. The molecule has 0 aliphatic carbocycles. The van der Waals surface area contributed by atoms with Crippen molar-refractivity contribution in [3.8, 4) is 0 Å². The standard InChI is InChI=1S/C8H13N5O/c1-9-5-6-10-11-7-8(14)12(2)3-4-13(6)7/h9H,3-5H2,1-2H3. The summed E-state index contributed by atoms with van der Waals surface area (Å²) in [6.07, 6.45) is 0. The first-order chi connectivity index (χ1) is 6.74. The summed E-state index contributed by atoms with van der Waals surface area (Å²) >= 11 is 0. The summed E-state index contributed by atoms with van der Waals surface area (Å²) in [6, 6.07) is 0. The number of nitrogens with zero attached hydrogens (tertiary/aromatic N) is 4. The Morgan fingerprint density at radius 1 is 1.43 bits per heavy atom. The van der Waals surface area contributed by atoms with E-state index in [4.69, 9.17) is 0 Å². The Morgan fingerprint density at radius 3 is 2.93 bits per heavy atom. The van der Waals surface area contributed by atoms with Crippen molar-refractivity contribution in [2.24, 2.45) is 0 Å². The Bertz CT molecular complexity index is 359. The van der Waals surface area contributed by atoms with Crippen LogP contribution in [0, 0.1) is 0 Å². The lowest BCUT2D eigenvalue weighted by Gasteiger charge is -2.23. The molecule has 1 aromatic heterocycles. The zero-order chi connectivity index (χ0) is 10.1. The third kappa shape index (κ3) is 1.27. The topological polar surface area (TPSA) is 63.1 Å². The highest BCUT2D eigenvalue weighted by molar-refractivity contribution is 5.91. The van der Waals surface area contributed by atoms with Crippen molar-refractivity contribution < 1.29 is 4.79 Å². The number of hydrogen-bond donors (Lipinski definition) is 1. The van der Waals surface area contributed by atoms with E-state index in [1.54, 1.807) is 11.9 Å². The van der Waals surface area contributed by atoms with Gasteiger partial charge in [-0.05, 0) is 7.05 Å². The Labute approximate surface area is 81.9 Å². The first kappa shape index (κ1) is 9.14. The van der Waals surface area contributed by atoms with Gasteiger partial charge in [0.15, 0.2) is 0 Å². The first-order valence-electron chi connectivity index (χ1n) is 4.56. The van der Waals surface area contributed by atoms with Gasteiger partial charge >= 0.3 is 0 Å². The van der Waals surface area contributed by atoms with E-state index in [1.165, 1.54) is 0 Å². The Kier molecular flexibility index (Phi) is 2.20. The molecule has 1 aromatic rings. The minimum atomic E-state index is -0.0499. The van der Waals surface area contributed by atoms with Crippen LogP contribution in [0.15, 0.2) is 0 Å². The number of amides is 1. The molecular weight excluding hydrogens is 182 g/mol. The monoisotopic (exact) mass is 195 g/mol. The second-order valence-corrected chi connectivity index (χ2v) is 3.35. The summed E-state index contributed by atoms with van der Waals surface area (Å²) in [5.74, 6) is 1.22. The summed E-state index contributed by atoms with van der Waals surface area (Å²) < 4.78 is 1.87. The normalized spacial score (nSPS) is 15.9. The van der Waals surface area contributed by atoms with E-state index in [0.717, 1.165) is 18.9 Å². The molecule has 0 saturated carbocycles. The van der Waals surface area contributed by atoms with E-state index in [0.29, 0.717) is 12.4 Å². The Hall–Kier alpha value is -1.43. The van der Waals surface area contributed by atoms with Gasteiger partial charge in [0, 0.05) is 20.1 Å². The average Bonchev–Trinajstić information content (AvgIpc) is 2.57. The van der Waals surface area contributed by atoms with Gasteiger partial charge in [0.05, 0.1) is 6.54 Å². The van der Waals surface area contributed by atoms with Gasteiger partial charge in [-0.1, -0.05) is 0 Å². The van der Waals surface area contributed by atoms with Gasteiger partial charge in [0.1, 0.15) is 5.82 Å². The molecule has 0 radical (unpaired) electrons. The van der Waals surface area contributed by atoms with Gasteiger partial charge in [-0.2, -0.15) is 0 Å². The number of likely N-dealkylation sites (N-methyl/N-ethyl adjacent to an activating group) is 1. The van der Waals surface area contributed by atoms with Crippen molar-refractivity contribution in [3.63, 3.8) is 0 Å². The minimum Gasteiger partial charge on any atom is -0.337 e. The van der Waals surface area contributed by atoms with Crippen molar-refractivity contribution in [2.45, 2.75) is 13.1 Å². The zero-order valence-electron chi connectivity index (χ0n) is 8.32. The number of rotatable bonds is 2. The molecular formula is C8H13N5O. The molecule has 14 heavy (non-hydrogen) atoms. The van der Waals surface area contributed by atoms with Gasteiger partial charge in [-0.3, -0.25) is 4.79 Å². The van der Waals surface area contributed by atoms with Gasteiger partial charge in [-0.25, -0.2) is 0 Å². The van der Waals surface area contributed by atoms with Crippen LogP contribution >= 0.6 is 0 Å². The highest BCUT2D eigenvalue weighted by Gasteiger charge is 2.25. The van der Waals surface area contributed by atoms with Gasteiger partial charge in [0.25, 0.3) is 5.91 Å². The molecule has 0 bridgehead atoms. The number of fused-ring (bicyclic) bond motifs is 1. The number of hydrogen-bond acceptors (Lipinski definition) is 4. The molecule has 1 aliphatic rings. The molecule has 0 aromatic carbocycles. The second-order valence-electron chi connectivity index (χ2n) is 3.35. The fourth-order valence-electron chi connectivity index (χ4n) is 1.54. The van der Waals surface area contributed by atoms with Crippen molar-refractivity contribution in [3.05, 3.63) is 11.6 Å². The van der Waals surface area contributed by atoms with Crippen LogP contribution in [0.25, 0.3) is 0 Å². The minimum absolute atomic E-state index is 0.0499. The van der Waals surface area contributed by atoms with Gasteiger partial charge < -0.3 is 14.8 Å². The lowest BCUT2D eigenvalue weighted by molar-refractivity contribution is 0.0740. The summed E-state index contributed by atoms with van der Waals surface area (Å²) in [6.45, 7) is 2.15. The summed E-state index contributed by atoms with van der Waals surface area (Å²) in [4.78, 5) is 13.3. The molecule has 0 atom stereocenters. The largest absolute Gasteiger partial charge is 0.337 e. The van der Waals surface area contributed by atoms with Crippen molar-refractivity contribution in [1.29, 1.82) is 0 Å². The predicted octanol–water partition coefficient (Wildman–Crippen LogP) is -0.917. The SMILES string of the molecule is CNCc1nnc2n1CCN(C)C2=O. The molecule has 1 N–H and O–H groups in total. The number of carbonyl (C=O) groups excluding carboxylic acids is 1. The van der Waals surface area contributed by atoms with E-state index in [9.17, 15) is 4.79 Å². The van der Waals surface area contributed by atoms with E-state index in [1.807, 2.05) is 11.6 Å². The molecule has 1 amide bonds. The van der Waals surface area contributed by atoms with Crippen LogP contribution in [0.5, 0.6) is 0 Å². The fraction of sp³-hybridized carbons (Fsp3) is 0.625. The lowest BCUT2D eigenvalue weighted by Crippen LogP contribution is -2.38. The van der Waals surface area contributed by atoms with Crippen molar-refractivity contribution in [1.82, 2.24) is 25.0 Å². The second kappa shape index (κ2) is 3.38. The molecule has 76 valence electrons. The molecule has 0 unspecified atom stereocenters. The Balaban J connectivity index is 2.35. The van der Waals surface area contributed by atoms with Crippen LogP contribution in [-0.4, -0.2) is 46.2 Å². The third-order valence-corrected chi connectivity index (χ3v) is 2.36. The number of aromatic nitrogens is 3. The van der Waals surface area contributed by atoms with Crippen molar-refractivity contribution >= 4 is 5.91 Å². The van der Waals surface area contributed by atoms with Crippen LogP contribution in [0.3, 0.4) is 0 Å². The van der Waals surface area contributed by atoms with E-state index in [-0.39, 0.29) is 5.91 Å². The molecule has 0 spiro atoms. The molecule has 6 heteroatoms. The smallest absolute Gasteiger partial charge is 0.291 e.